The summed E-state index contributed by atoms with van der Waals surface area (Å²) in [6.07, 6.45) is 1.54. The van der Waals surface area contributed by atoms with Crippen molar-refractivity contribution in [2.45, 2.75) is 24.1 Å². The number of fused-ring (bicyclic) bond motifs is 3. The molecule has 0 aliphatic rings. The summed E-state index contributed by atoms with van der Waals surface area (Å²) < 4.78 is 6.04. The van der Waals surface area contributed by atoms with E-state index in [0.717, 1.165) is 22.0 Å². The van der Waals surface area contributed by atoms with E-state index in [1.165, 1.54) is 18.1 Å². The number of hydrogen-bond donors (Lipinski definition) is 0. The van der Waals surface area contributed by atoms with Gasteiger partial charge in [0.1, 0.15) is 27.7 Å². The highest BCUT2D eigenvalue weighted by Crippen LogP contribution is 2.40. The van der Waals surface area contributed by atoms with Crippen LogP contribution in [0.5, 0.6) is 0 Å². The number of rotatable bonds is 6. The van der Waals surface area contributed by atoms with Gasteiger partial charge in [-0.15, -0.1) is 0 Å². The van der Waals surface area contributed by atoms with Gasteiger partial charge in [0.05, 0.1) is 0 Å². The van der Waals surface area contributed by atoms with Gasteiger partial charge in [-0.2, -0.15) is 0 Å². The minimum atomic E-state index is -0.396. The van der Waals surface area contributed by atoms with E-state index in [1.807, 2.05) is 73.3 Å². The zero-order valence-electron chi connectivity index (χ0n) is 15.8. The van der Waals surface area contributed by atoms with E-state index in [9.17, 15) is 4.79 Å². The van der Waals surface area contributed by atoms with Crippen molar-refractivity contribution in [1.82, 2.24) is 14.9 Å². The largest absolute Gasteiger partial charge is 0.451 e. The minimum absolute atomic E-state index is 0.0732. The molecule has 0 aliphatic carbocycles. The van der Waals surface area contributed by atoms with Gasteiger partial charge in [0.2, 0.25) is 5.91 Å². The Labute approximate surface area is 167 Å². The maximum absolute atomic E-state index is 13.2. The molecule has 2 aromatic heterocycles. The number of thioether (sulfide) groups is 1. The fourth-order valence-corrected chi connectivity index (χ4v) is 4.41. The lowest BCUT2D eigenvalue weighted by molar-refractivity contribution is -0.130. The molecular weight excluding hydrogens is 370 g/mol. The highest BCUT2D eigenvalue weighted by molar-refractivity contribution is 8.00. The van der Waals surface area contributed by atoms with Crippen LogP contribution in [0.15, 0.2) is 70.4 Å². The fourth-order valence-electron chi connectivity index (χ4n) is 3.29. The molecule has 0 radical (unpaired) electrons. The molecule has 0 aliphatic heterocycles. The van der Waals surface area contributed by atoms with Crippen LogP contribution in [-0.4, -0.2) is 33.9 Å². The first kappa shape index (κ1) is 18.5. The summed E-state index contributed by atoms with van der Waals surface area (Å²) in [5, 5.41) is 1.23. The van der Waals surface area contributed by atoms with Crippen LogP contribution in [0.2, 0.25) is 0 Å². The van der Waals surface area contributed by atoms with Gasteiger partial charge in [-0.3, -0.25) is 4.79 Å². The monoisotopic (exact) mass is 391 g/mol. The van der Waals surface area contributed by atoms with Crippen LogP contribution < -0.4 is 0 Å². The van der Waals surface area contributed by atoms with Crippen molar-refractivity contribution in [2.24, 2.45) is 0 Å². The summed E-state index contributed by atoms with van der Waals surface area (Å²) in [6.45, 7) is 5.33. The Balaban J connectivity index is 1.79. The number of furan rings is 1. The van der Waals surface area contributed by atoms with Crippen LogP contribution in [0.3, 0.4) is 0 Å². The second kappa shape index (κ2) is 8.02. The van der Waals surface area contributed by atoms with Gasteiger partial charge >= 0.3 is 0 Å². The number of amides is 1. The predicted octanol–water partition coefficient (Wildman–Crippen LogP) is 5.08. The standard InChI is InChI=1S/C22H21N3O2S/c1-3-25(4-2)22(26)20(15-10-6-5-7-11-15)28-21-19-18(23-14-24-21)16-12-8-9-13-17(16)27-19/h5-14,20H,3-4H2,1-2H3/t20-/m0/s1. The van der Waals surface area contributed by atoms with Crippen molar-refractivity contribution in [3.63, 3.8) is 0 Å². The lowest BCUT2D eigenvalue weighted by Gasteiger charge is -2.24. The van der Waals surface area contributed by atoms with Gasteiger partial charge in [-0.05, 0) is 31.5 Å². The van der Waals surface area contributed by atoms with E-state index in [1.54, 1.807) is 0 Å². The highest BCUT2D eigenvalue weighted by Gasteiger charge is 2.28. The van der Waals surface area contributed by atoms with E-state index in [2.05, 4.69) is 9.97 Å². The number of benzene rings is 2. The molecule has 4 aromatic rings. The van der Waals surface area contributed by atoms with Crippen molar-refractivity contribution in [2.75, 3.05) is 13.1 Å². The van der Waals surface area contributed by atoms with Crippen molar-refractivity contribution in [1.29, 1.82) is 0 Å². The number of carbonyl (C=O) groups excluding carboxylic acids is 1. The maximum atomic E-state index is 13.2. The molecule has 2 aromatic carbocycles. The molecule has 142 valence electrons. The number of hydrogen-bond acceptors (Lipinski definition) is 5. The zero-order valence-corrected chi connectivity index (χ0v) is 16.6. The van der Waals surface area contributed by atoms with E-state index in [-0.39, 0.29) is 5.91 Å². The van der Waals surface area contributed by atoms with Gasteiger partial charge in [-0.1, -0.05) is 54.2 Å². The lowest BCUT2D eigenvalue weighted by Crippen LogP contribution is -2.33. The quantitative estimate of drug-likeness (QED) is 0.339. The zero-order chi connectivity index (χ0) is 19.5. The Morgan fingerprint density at radius 3 is 2.50 bits per heavy atom. The molecule has 0 bridgehead atoms. The number of likely N-dealkylation sites (N-methyl/N-ethyl adjacent to an activating group) is 1. The minimum Gasteiger partial charge on any atom is -0.451 e. The third-order valence-corrected chi connectivity index (χ3v) is 5.98. The van der Waals surface area contributed by atoms with E-state index >= 15 is 0 Å². The van der Waals surface area contributed by atoms with Gasteiger partial charge in [-0.25, -0.2) is 9.97 Å². The number of carbonyl (C=O) groups is 1. The first-order valence-electron chi connectivity index (χ1n) is 9.35. The van der Waals surface area contributed by atoms with Crippen LogP contribution in [-0.2, 0) is 4.79 Å². The summed E-state index contributed by atoms with van der Waals surface area (Å²) in [7, 11) is 0. The smallest absolute Gasteiger partial charge is 0.240 e. The van der Waals surface area contributed by atoms with Crippen LogP contribution in [0, 0.1) is 0 Å². The van der Waals surface area contributed by atoms with Crippen molar-refractivity contribution in [3.8, 4) is 0 Å². The molecule has 28 heavy (non-hydrogen) atoms. The first-order valence-corrected chi connectivity index (χ1v) is 10.2. The lowest BCUT2D eigenvalue weighted by atomic mass is 10.1. The summed E-state index contributed by atoms with van der Waals surface area (Å²) in [5.41, 5.74) is 3.12. The Bertz CT molecular complexity index is 1110. The number of para-hydroxylation sites is 1. The second-order valence-electron chi connectivity index (χ2n) is 6.37. The fraction of sp³-hybridized carbons (Fsp3) is 0.227. The van der Waals surface area contributed by atoms with Crippen LogP contribution in [0.25, 0.3) is 22.1 Å². The Hall–Kier alpha value is -2.86. The van der Waals surface area contributed by atoms with Gasteiger partial charge in [0.25, 0.3) is 0 Å². The number of nitrogens with zero attached hydrogens (tertiary/aromatic N) is 3. The van der Waals surface area contributed by atoms with Crippen LogP contribution in [0.4, 0.5) is 0 Å². The predicted molar refractivity (Wildman–Crippen MR) is 112 cm³/mol. The Kier molecular flexibility index (Phi) is 5.30. The topological polar surface area (TPSA) is 59.2 Å². The van der Waals surface area contributed by atoms with Gasteiger partial charge < -0.3 is 9.32 Å². The average molecular weight is 391 g/mol. The summed E-state index contributed by atoms with van der Waals surface area (Å²) >= 11 is 1.42. The Morgan fingerprint density at radius 1 is 1.04 bits per heavy atom. The molecular formula is C22H21N3O2S. The summed E-state index contributed by atoms with van der Waals surface area (Å²) in [4.78, 5) is 24.0. The van der Waals surface area contributed by atoms with E-state index in [0.29, 0.717) is 23.7 Å². The molecule has 0 fully saturated rings. The molecule has 4 rings (SSSR count). The van der Waals surface area contributed by atoms with E-state index in [4.69, 9.17) is 4.42 Å². The molecule has 0 N–H and O–H groups in total. The Morgan fingerprint density at radius 2 is 1.75 bits per heavy atom. The molecule has 0 spiro atoms. The van der Waals surface area contributed by atoms with Crippen LogP contribution in [0.1, 0.15) is 24.7 Å². The molecule has 0 saturated heterocycles. The third-order valence-electron chi connectivity index (χ3n) is 4.76. The van der Waals surface area contributed by atoms with Crippen molar-refractivity contribution >= 4 is 39.7 Å². The molecule has 1 atom stereocenters. The van der Waals surface area contributed by atoms with Gasteiger partial charge in [0, 0.05) is 18.5 Å². The summed E-state index contributed by atoms with van der Waals surface area (Å²) in [6, 6.07) is 17.6. The molecule has 5 nitrogen and oxygen atoms in total. The number of aromatic nitrogens is 2. The summed E-state index contributed by atoms with van der Waals surface area (Å²) in [5.74, 6) is 0.0732. The third kappa shape index (κ3) is 3.36. The normalized spacial score (nSPS) is 12.4. The van der Waals surface area contributed by atoms with Crippen molar-refractivity contribution < 1.29 is 9.21 Å². The second-order valence-corrected chi connectivity index (χ2v) is 7.47. The first-order chi connectivity index (χ1) is 13.7. The SMILES string of the molecule is CCN(CC)C(=O)[C@@H](Sc1ncnc2c1oc1ccccc12)c1ccccc1. The average Bonchev–Trinajstić information content (AvgIpc) is 3.13. The van der Waals surface area contributed by atoms with Crippen LogP contribution >= 0.6 is 11.8 Å². The maximum Gasteiger partial charge on any atom is 0.240 e. The van der Waals surface area contributed by atoms with Gasteiger partial charge in [0.15, 0.2) is 5.58 Å². The highest BCUT2D eigenvalue weighted by atomic mass is 32.2. The van der Waals surface area contributed by atoms with E-state index < -0.39 is 5.25 Å². The van der Waals surface area contributed by atoms with Crippen molar-refractivity contribution in [3.05, 3.63) is 66.5 Å². The molecule has 2 heterocycles. The molecule has 6 heteroatoms. The molecule has 0 saturated carbocycles. The molecule has 1 amide bonds. The molecule has 0 unspecified atom stereocenters.